The SMILES string of the molecule is CCOC(=O)C1CCCN(C(=NC)NCC(C)Cc2cccs2)C1.I. The molecular weight excluding hydrogens is 449 g/mol. The molecule has 0 aromatic carbocycles. The first-order valence-electron chi connectivity index (χ1n) is 8.78. The highest BCUT2D eigenvalue weighted by atomic mass is 127. The van der Waals surface area contributed by atoms with Crippen LogP contribution in [0.3, 0.4) is 0 Å². The number of hydrogen-bond acceptors (Lipinski definition) is 4. The predicted molar refractivity (Wildman–Crippen MR) is 115 cm³/mol. The van der Waals surface area contributed by atoms with Gasteiger partial charge in [0.25, 0.3) is 0 Å². The number of esters is 1. The predicted octanol–water partition coefficient (Wildman–Crippen LogP) is 3.40. The van der Waals surface area contributed by atoms with Gasteiger partial charge in [0.15, 0.2) is 5.96 Å². The van der Waals surface area contributed by atoms with Crippen molar-refractivity contribution in [3.63, 3.8) is 0 Å². The molecule has 0 radical (unpaired) electrons. The molecule has 2 unspecified atom stereocenters. The number of guanidine groups is 1. The molecule has 2 rings (SSSR count). The Morgan fingerprint density at radius 1 is 1.56 bits per heavy atom. The number of carbonyl (C=O) groups excluding carboxylic acids is 1. The first-order valence-corrected chi connectivity index (χ1v) is 9.66. The van der Waals surface area contributed by atoms with Crippen LogP contribution >= 0.6 is 35.3 Å². The molecule has 1 saturated heterocycles. The zero-order valence-electron chi connectivity index (χ0n) is 15.4. The molecule has 0 amide bonds. The lowest BCUT2D eigenvalue weighted by Crippen LogP contribution is -2.49. The number of halogens is 1. The Morgan fingerprint density at radius 3 is 3.00 bits per heavy atom. The molecule has 1 fully saturated rings. The number of likely N-dealkylation sites (tertiary alicyclic amines) is 1. The van der Waals surface area contributed by atoms with E-state index in [0.29, 0.717) is 19.1 Å². The van der Waals surface area contributed by atoms with E-state index in [1.165, 1.54) is 4.88 Å². The fourth-order valence-electron chi connectivity index (χ4n) is 3.06. The summed E-state index contributed by atoms with van der Waals surface area (Å²) in [6.07, 6.45) is 2.98. The molecular formula is C18H30IN3O2S. The highest BCUT2D eigenvalue weighted by Gasteiger charge is 2.28. The second kappa shape index (κ2) is 11.7. The van der Waals surface area contributed by atoms with E-state index in [0.717, 1.165) is 38.3 Å². The summed E-state index contributed by atoms with van der Waals surface area (Å²) in [4.78, 5) is 20.0. The molecule has 2 heterocycles. The smallest absolute Gasteiger partial charge is 0.310 e. The maximum absolute atomic E-state index is 12.0. The Hall–Kier alpha value is -0.830. The molecule has 5 nitrogen and oxygen atoms in total. The minimum Gasteiger partial charge on any atom is -0.466 e. The van der Waals surface area contributed by atoms with E-state index < -0.39 is 0 Å². The molecule has 7 heteroatoms. The van der Waals surface area contributed by atoms with Crippen molar-refractivity contribution in [3.05, 3.63) is 22.4 Å². The van der Waals surface area contributed by atoms with E-state index in [4.69, 9.17) is 4.74 Å². The van der Waals surface area contributed by atoms with E-state index in [-0.39, 0.29) is 35.9 Å². The van der Waals surface area contributed by atoms with Crippen LogP contribution in [0.4, 0.5) is 0 Å². The van der Waals surface area contributed by atoms with Gasteiger partial charge in [-0.2, -0.15) is 0 Å². The van der Waals surface area contributed by atoms with Crippen LogP contribution in [0.15, 0.2) is 22.5 Å². The Labute approximate surface area is 172 Å². The van der Waals surface area contributed by atoms with Gasteiger partial charge < -0.3 is 15.0 Å². The lowest BCUT2D eigenvalue weighted by atomic mass is 9.98. The zero-order chi connectivity index (χ0) is 17.4. The van der Waals surface area contributed by atoms with Crippen molar-refractivity contribution in [1.82, 2.24) is 10.2 Å². The lowest BCUT2D eigenvalue weighted by molar-refractivity contribution is -0.149. The number of nitrogens with zero attached hydrogens (tertiary/aromatic N) is 2. The van der Waals surface area contributed by atoms with Crippen LogP contribution < -0.4 is 5.32 Å². The number of thiophene rings is 1. The van der Waals surface area contributed by atoms with Gasteiger partial charge in [-0.3, -0.25) is 9.79 Å². The molecule has 2 atom stereocenters. The molecule has 1 aliphatic rings. The molecule has 1 aromatic rings. The van der Waals surface area contributed by atoms with Crippen molar-refractivity contribution < 1.29 is 9.53 Å². The quantitative estimate of drug-likeness (QED) is 0.294. The maximum atomic E-state index is 12.0. The minimum atomic E-state index is -0.0799. The average Bonchev–Trinajstić information content (AvgIpc) is 3.09. The third-order valence-electron chi connectivity index (χ3n) is 4.29. The van der Waals surface area contributed by atoms with Crippen LogP contribution in [-0.2, 0) is 16.0 Å². The summed E-state index contributed by atoms with van der Waals surface area (Å²) in [5.74, 6) is 1.30. The third-order valence-corrected chi connectivity index (χ3v) is 5.19. The number of aliphatic imine (C=N–C) groups is 1. The van der Waals surface area contributed by atoms with E-state index >= 15 is 0 Å². The first-order chi connectivity index (χ1) is 11.6. The second-order valence-corrected chi connectivity index (χ2v) is 7.39. The van der Waals surface area contributed by atoms with E-state index in [2.05, 4.69) is 39.6 Å². The van der Waals surface area contributed by atoms with E-state index in [1.807, 2.05) is 18.3 Å². The molecule has 1 aliphatic heterocycles. The minimum absolute atomic E-state index is 0. The Morgan fingerprint density at radius 2 is 2.36 bits per heavy atom. The molecule has 0 bridgehead atoms. The molecule has 1 N–H and O–H groups in total. The summed E-state index contributed by atoms with van der Waals surface area (Å²) in [7, 11) is 1.81. The van der Waals surface area contributed by atoms with Crippen molar-refractivity contribution in [1.29, 1.82) is 0 Å². The number of carbonyl (C=O) groups is 1. The monoisotopic (exact) mass is 479 g/mol. The normalized spacial score (nSPS) is 19.1. The summed E-state index contributed by atoms with van der Waals surface area (Å²) in [5.41, 5.74) is 0. The standard InChI is InChI=1S/C18H29N3O2S.HI/c1-4-23-17(22)15-7-5-9-21(13-15)18(19-3)20-12-14(2)11-16-8-6-10-24-16;/h6,8,10,14-15H,4-5,7,9,11-13H2,1-3H3,(H,19,20);1H. The molecule has 1 aromatic heterocycles. The van der Waals surface area contributed by atoms with Gasteiger partial charge in [0, 0.05) is 31.6 Å². The summed E-state index contributed by atoms with van der Waals surface area (Å²) >= 11 is 1.81. The average molecular weight is 479 g/mol. The Bertz CT molecular complexity index is 536. The Balaban J connectivity index is 0.00000312. The summed E-state index contributed by atoms with van der Waals surface area (Å²) in [5, 5.41) is 5.59. The highest BCUT2D eigenvalue weighted by molar-refractivity contribution is 14.0. The second-order valence-electron chi connectivity index (χ2n) is 6.35. The number of ether oxygens (including phenoxy) is 1. The highest BCUT2D eigenvalue weighted by Crippen LogP contribution is 2.18. The molecule has 142 valence electrons. The largest absolute Gasteiger partial charge is 0.466 e. The van der Waals surface area contributed by atoms with Gasteiger partial charge in [0.05, 0.1) is 12.5 Å². The van der Waals surface area contributed by atoms with E-state index in [9.17, 15) is 4.79 Å². The van der Waals surface area contributed by atoms with Gasteiger partial charge in [-0.05, 0) is 43.6 Å². The fraction of sp³-hybridized carbons (Fsp3) is 0.667. The van der Waals surface area contributed by atoms with Crippen molar-refractivity contribution in [2.24, 2.45) is 16.8 Å². The van der Waals surface area contributed by atoms with Crippen molar-refractivity contribution in [3.8, 4) is 0 Å². The molecule has 0 saturated carbocycles. The van der Waals surface area contributed by atoms with Crippen molar-refractivity contribution in [2.45, 2.75) is 33.1 Å². The van der Waals surface area contributed by atoms with Crippen LogP contribution in [0.1, 0.15) is 31.6 Å². The van der Waals surface area contributed by atoms with Crippen LogP contribution in [0.2, 0.25) is 0 Å². The zero-order valence-corrected chi connectivity index (χ0v) is 18.5. The topological polar surface area (TPSA) is 53.9 Å². The molecule has 0 spiro atoms. The van der Waals surface area contributed by atoms with Gasteiger partial charge in [0.1, 0.15) is 0 Å². The van der Waals surface area contributed by atoms with Crippen LogP contribution in [0.25, 0.3) is 0 Å². The van der Waals surface area contributed by atoms with Gasteiger partial charge in [-0.25, -0.2) is 0 Å². The van der Waals surface area contributed by atoms with Crippen molar-refractivity contribution >= 4 is 47.2 Å². The maximum Gasteiger partial charge on any atom is 0.310 e. The first kappa shape index (κ1) is 22.2. The lowest BCUT2D eigenvalue weighted by Gasteiger charge is -2.34. The van der Waals surface area contributed by atoms with Crippen LogP contribution in [0.5, 0.6) is 0 Å². The molecule has 0 aliphatic carbocycles. The number of nitrogens with one attached hydrogen (secondary N) is 1. The van der Waals surface area contributed by atoms with Gasteiger partial charge in [0.2, 0.25) is 0 Å². The van der Waals surface area contributed by atoms with Gasteiger partial charge >= 0.3 is 5.97 Å². The Kier molecular flexibility index (Phi) is 10.4. The summed E-state index contributed by atoms with van der Waals surface area (Å²) in [6.45, 7) is 7.06. The van der Waals surface area contributed by atoms with Gasteiger partial charge in [-0.1, -0.05) is 13.0 Å². The fourth-order valence-corrected chi connectivity index (χ4v) is 3.93. The summed E-state index contributed by atoms with van der Waals surface area (Å²) < 4.78 is 5.18. The van der Waals surface area contributed by atoms with Crippen LogP contribution in [0, 0.1) is 11.8 Å². The van der Waals surface area contributed by atoms with E-state index in [1.54, 1.807) is 7.05 Å². The number of hydrogen-bond donors (Lipinski definition) is 1. The third kappa shape index (κ3) is 7.13. The van der Waals surface area contributed by atoms with Gasteiger partial charge in [-0.15, -0.1) is 35.3 Å². The summed E-state index contributed by atoms with van der Waals surface area (Å²) in [6, 6.07) is 4.28. The molecule has 25 heavy (non-hydrogen) atoms. The van der Waals surface area contributed by atoms with Crippen molar-refractivity contribution in [2.75, 3.05) is 33.3 Å². The number of rotatable bonds is 6. The van der Waals surface area contributed by atoms with Crippen LogP contribution in [-0.4, -0.2) is 50.1 Å². The number of piperidine rings is 1.